The molecule has 0 aromatic heterocycles. The van der Waals surface area contributed by atoms with E-state index < -0.39 is 0 Å². The van der Waals surface area contributed by atoms with Crippen molar-refractivity contribution in [3.8, 4) is 17.9 Å². The van der Waals surface area contributed by atoms with E-state index in [2.05, 4.69) is 23.2 Å². The second-order valence-corrected chi connectivity index (χ2v) is 3.25. The van der Waals surface area contributed by atoms with Crippen molar-refractivity contribution in [3.63, 3.8) is 0 Å². The highest BCUT2D eigenvalue weighted by Gasteiger charge is 2.30. The lowest BCUT2D eigenvalue weighted by Crippen LogP contribution is -2.35. The topological polar surface area (TPSA) is 35.8 Å². The summed E-state index contributed by atoms with van der Waals surface area (Å²) in [5, 5.41) is 12.3. The van der Waals surface area contributed by atoms with E-state index in [1.807, 2.05) is 6.92 Å². The zero-order valence-electron chi connectivity index (χ0n) is 7.48. The summed E-state index contributed by atoms with van der Waals surface area (Å²) in [6.07, 6.45) is 2.62. The van der Waals surface area contributed by atoms with E-state index in [1.165, 1.54) is 0 Å². The Kier molecular flexibility index (Phi) is 3.14. The van der Waals surface area contributed by atoms with Gasteiger partial charge in [0.1, 0.15) is 0 Å². The van der Waals surface area contributed by atoms with Gasteiger partial charge in [0.15, 0.2) is 0 Å². The minimum atomic E-state index is -0.158. The molecule has 64 valence electrons. The maximum absolute atomic E-state index is 9.02. The highest BCUT2D eigenvalue weighted by molar-refractivity contribution is 5.10. The summed E-state index contributed by atoms with van der Waals surface area (Å²) in [6, 6.07) is 2.41. The van der Waals surface area contributed by atoms with E-state index in [9.17, 15) is 0 Å². The molecule has 1 rings (SSSR count). The number of nitrogens with one attached hydrogen (secondary N) is 1. The second-order valence-electron chi connectivity index (χ2n) is 3.25. The standard InChI is InChI=1S/C10H14N2/c1-2-3-4-10(9-11)5-7-12-8-6-10/h12H,4-8H2,1H3. The summed E-state index contributed by atoms with van der Waals surface area (Å²) in [7, 11) is 0. The summed E-state index contributed by atoms with van der Waals surface area (Å²) in [4.78, 5) is 0. The molecule has 0 unspecified atom stereocenters. The van der Waals surface area contributed by atoms with Crippen LogP contribution in [0.1, 0.15) is 26.2 Å². The molecule has 1 aliphatic rings. The van der Waals surface area contributed by atoms with E-state index >= 15 is 0 Å². The first kappa shape index (κ1) is 9.10. The van der Waals surface area contributed by atoms with E-state index in [0.717, 1.165) is 32.4 Å². The largest absolute Gasteiger partial charge is 0.317 e. The van der Waals surface area contributed by atoms with Crippen LogP contribution in [0.15, 0.2) is 0 Å². The molecule has 0 bridgehead atoms. The smallest absolute Gasteiger partial charge is 0.0707 e. The van der Waals surface area contributed by atoms with Gasteiger partial charge in [-0.15, -0.1) is 11.8 Å². The maximum atomic E-state index is 9.02. The zero-order chi connectivity index (χ0) is 8.86. The third-order valence-electron chi connectivity index (χ3n) is 2.40. The molecule has 12 heavy (non-hydrogen) atoms. The van der Waals surface area contributed by atoms with E-state index in [-0.39, 0.29) is 5.41 Å². The van der Waals surface area contributed by atoms with Crippen LogP contribution in [0.5, 0.6) is 0 Å². The lowest BCUT2D eigenvalue weighted by atomic mass is 9.78. The van der Waals surface area contributed by atoms with Gasteiger partial charge in [-0.1, -0.05) is 0 Å². The van der Waals surface area contributed by atoms with Crippen LogP contribution in [-0.4, -0.2) is 13.1 Å². The van der Waals surface area contributed by atoms with Crippen molar-refractivity contribution >= 4 is 0 Å². The molecule has 0 spiro atoms. The summed E-state index contributed by atoms with van der Waals surface area (Å²) in [6.45, 7) is 3.74. The van der Waals surface area contributed by atoms with Crippen LogP contribution in [0.3, 0.4) is 0 Å². The SMILES string of the molecule is CC#CCC1(C#N)CCNCC1. The molecule has 0 aromatic rings. The van der Waals surface area contributed by atoms with Gasteiger partial charge in [0.2, 0.25) is 0 Å². The van der Waals surface area contributed by atoms with Gasteiger partial charge in [0, 0.05) is 6.42 Å². The second kappa shape index (κ2) is 4.14. The van der Waals surface area contributed by atoms with Gasteiger partial charge in [0.05, 0.1) is 11.5 Å². The number of rotatable bonds is 1. The quantitative estimate of drug-likeness (QED) is 0.590. The normalized spacial score (nSPS) is 20.3. The third kappa shape index (κ3) is 2.00. The average Bonchev–Trinajstić information content (AvgIpc) is 2.16. The molecule has 0 amide bonds. The van der Waals surface area contributed by atoms with Crippen molar-refractivity contribution in [1.82, 2.24) is 5.32 Å². The molecule has 0 atom stereocenters. The Morgan fingerprint density at radius 1 is 1.42 bits per heavy atom. The Morgan fingerprint density at radius 2 is 2.08 bits per heavy atom. The van der Waals surface area contributed by atoms with Gasteiger partial charge in [-0.25, -0.2) is 0 Å². The number of nitrogens with zero attached hydrogens (tertiary/aromatic N) is 1. The van der Waals surface area contributed by atoms with Crippen LogP contribution in [-0.2, 0) is 0 Å². The summed E-state index contributed by atoms with van der Waals surface area (Å²) >= 11 is 0. The first-order chi connectivity index (χ1) is 5.83. The predicted octanol–water partition coefficient (Wildman–Crippen LogP) is 1.29. The van der Waals surface area contributed by atoms with Crippen LogP contribution in [0.4, 0.5) is 0 Å². The van der Waals surface area contributed by atoms with Gasteiger partial charge in [-0.2, -0.15) is 5.26 Å². The number of piperidine rings is 1. The Bertz CT molecular complexity index is 233. The van der Waals surface area contributed by atoms with Gasteiger partial charge in [-0.3, -0.25) is 0 Å². The van der Waals surface area contributed by atoms with Gasteiger partial charge in [-0.05, 0) is 32.9 Å². The zero-order valence-corrected chi connectivity index (χ0v) is 7.48. The molecule has 1 saturated heterocycles. The molecule has 1 heterocycles. The van der Waals surface area contributed by atoms with Crippen molar-refractivity contribution in [2.24, 2.45) is 5.41 Å². The maximum Gasteiger partial charge on any atom is 0.0707 e. The van der Waals surface area contributed by atoms with Crippen LogP contribution in [0.25, 0.3) is 0 Å². The number of hydrogen-bond donors (Lipinski definition) is 1. The highest BCUT2D eigenvalue weighted by atomic mass is 14.9. The third-order valence-corrected chi connectivity index (χ3v) is 2.40. The Hall–Kier alpha value is -0.990. The summed E-state index contributed by atoms with van der Waals surface area (Å²) < 4.78 is 0. The van der Waals surface area contributed by atoms with Gasteiger partial charge >= 0.3 is 0 Å². The van der Waals surface area contributed by atoms with Crippen LogP contribution >= 0.6 is 0 Å². The lowest BCUT2D eigenvalue weighted by molar-refractivity contribution is 0.289. The summed E-state index contributed by atoms with van der Waals surface area (Å²) in [5.41, 5.74) is -0.158. The van der Waals surface area contributed by atoms with E-state index in [1.54, 1.807) is 0 Å². The van der Waals surface area contributed by atoms with Crippen molar-refractivity contribution < 1.29 is 0 Å². The Balaban J connectivity index is 2.59. The van der Waals surface area contributed by atoms with Crippen molar-refractivity contribution in [1.29, 1.82) is 5.26 Å². The van der Waals surface area contributed by atoms with E-state index in [0.29, 0.717) is 0 Å². The molecule has 0 saturated carbocycles. The minimum Gasteiger partial charge on any atom is -0.317 e. The average molecular weight is 162 g/mol. The van der Waals surface area contributed by atoms with Crippen LogP contribution in [0, 0.1) is 28.6 Å². The van der Waals surface area contributed by atoms with Crippen LogP contribution < -0.4 is 5.32 Å². The minimum absolute atomic E-state index is 0.158. The van der Waals surface area contributed by atoms with E-state index in [4.69, 9.17) is 5.26 Å². The summed E-state index contributed by atoms with van der Waals surface area (Å²) in [5.74, 6) is 5.86. The lowest BCUT2D eigenvalue weighted by Gasteiger charge is -2.29. The monoisotopic (exact) mass is 162 g/mol. The fourth-order valence-electron chi connectivity index (χ4n) is 1.49. The molecule has 2 heteroatoms. The highest BCUT2D eigenvalue weighted by Crippen LogP contribution is 2.30. The Morgan fingerprint density at radius 3 is 2.58 bits per heavy atom. The van der Waals surface area contributed by atoms with Crippen LogP contribution in [0.2, 0.25) is 0 Å². The fourth-order valence-corrected chi connectivity index (χ4v) is 1.49. The molecule has 0 aromatic carbocycles. The van der Waals surface area contributed by atoms with Gasteiger partial charge < -0.3 is 5.32 Å². The molecular formula is C10H14N2. The molecule has 1 aliphatic heterocycles. The van der Waals surface area contributed by atoms with Crippen molar-refractivity contribution in [2.75, 3.05) is 13.1 Å². The fraction of sp³-hybridized carbons (Fsp3) is 0.700. The van der Waals surface area contributed by atoms with Crippen molar-refractivity contribution in [3.05, 3.63) is 0 Å². The molecule has 1 N–H and O–H groups in total. The number of hydrogen-bond acceptors (Lipinski definition) is 2. The molecule has 0 radical (unpaired) electrons. The molecule has 1 fully saturated rings. The van der Waals surface area contributed by atoms with Crippen molar-refractivity contribution in [2.45, 2.75) is 26.2 Å². The van der Waals surface area contributed by atoms with Gasteiger partial charge in [0.25, 0.3) is 0 Å². The molecular weight excluding hydrogens is 148 g/mol. The molecule has 2 nitrogen and oxygen atoms in total. The molecule has 0 aliphatic carbocycles. The Labute approximate surface area is 74.0 Å². The first-order valence-corrected chi connectivity index (χ1v) is 4.34. The first-order valence-electron chi connectivity index (χ1n) is 4.34. The predicted molar refractivity (Wildman–Crippen MR) is 48.2 cm³/mol. The number of nitriles is 1.